The summed E-state index contributed by atoms with van der Waals surface area (Å²) in [7, 11) is 0. The summed E-state index contributed by atoms with van der Waals surface area (Å²) in [5, 5.41) is 0. The molecule has 0 aliphatic carbocycles. The van der Waals surface area contributed by atoms with Gasteiger partial charge in [-0.2, -0.15) is 0 Å². The van der Waals surface area contributed by atoms with E-state index in [4.69, 9.17) is 5.73 Å². The van der Waals surface area contributed by atoms with Crippen molar-refractivity contribution in [2.24, 2.45) is 0 Å². The fourth-order valence-electron chi connectivity index (χ4n) is 1.40. The first kappa shape index (κ1) is 10.6. The summed E-state index contributed by atoms with van der Waals surface area (Å²) in [5.74, 6) is 0. The summed E-state index contributed by atoms with van der Waals surface area (Å²) in [6.07, 6.45) is 0. The number of hydrogen-bond donors (Lipinski definition) is 2. The molecule has 2 rings (SSSR count). The summed E-state index contributed by atoms with van der Waals surface area (Å²) >= 11 is 7.69. The van der Waals surface area contributed by atoms with Crippen molar-refractivity contribution in [2.75, 3.05) is 5.73 Å². The van der Waals surface area contributed by atoms with Crippen LogP contribution in [0.2, 0.25) is 0 Å². The fourth-order valence-corrected chi connectivity index (χ4v) is 1.94. The summed E-state index contributed by atoms with van der Waals surface area (Å²) < 4.78 is 1.06. The van der Waals surface area contributed by atoms with Gasteiger partial charge >= 0.3 is 0 Å². The van der Waals surface area contributed by atoms with Crippen LogP contribution in [0.1, 0.15) is 0 Å². The first-order valence-electron chi connectivity index (χ1n) is 4.51. The Morgan fingerprint density at radius 1 is 1.00 bits per heavy atom. The second-order valence-electron chi connectivity index (χ2n) is 3.28. The van der Waals surface area contributed by atoms with Gasteiger partial charge in [-0.1, -0.05) is 34.1 Å². The quantitative estimate of drug-likeness (QED) is 0.599. The van der Waals surface area contributed by atoms with E-state index in [1.165, 1.54) is 0 Å². The molecule has 2 aromatic rings. The first-order valence-corrected chi connectivity index (χ1v) is 5.75. The van der Waals surface area contributed by atoms with Crippen molar-refractivity contribution in [3.63, 3.8) is 0 Å². The van der Waals surface area contributed by atoms with Gasteiger partial charge in [0.2, 0.25) is 0 Å². The van der Waals surface area contributed by atoms with Gasteiger partial charge < -0.3 is 5.73 Å². The van der Waals surface area contributed by atoms with E-state index in [2.05, 4.69) is 40.7 Å². The molecule has 0 spiro atoms. The van der Waals surface area contributed by atoms with Crippen molar-refractivity contribution < 1.29 is 0 Å². The average Bonchev–Trinajstić information content (AvgIpc) is 2.22. The fraction of sp³-hybridized carbons (Fsp3) is 0. The maximum atomic E-state index is 5.81. The number of anilines is 1. The lowest BCUT2D eigenvalue weighted by Crippen LogP contribution is -1.87. The molecule has 0 aliphatic heterocycles. The van der Waals surface area contributed by atoms with E-state index in [0.717, 1.165) is 20.5 Å². The van der Waals surface area contributed by atoms with Crippen LogP contribution in [0.25, 0.3) is 11.1 Å². The van der Waals surface area contributed by atoms with Crippen LogP contribution in [0.5, 0.6) is 0 Å². The monoisotopic (exact) mass is 279 g/mol. The van der Waals surface area contributed by atoms with Crippen LogP contribution in [0.4, 0.5) is 5.69 Å². The molecule has 76 valence electrons. The van der Waals surface area contributed by atoms with Crippen LogP contribution in [0.3, 0.4) is 0 Å². The van der Waals surface area contributed by atoms with E-state index < -0.39 is 0 Å². The van der Waals surface area contributed by atoms with Crippen molar-refractivity contribution in [3.05, 3.63) is 46.9 Å². The molecule has 2 aromatic carbocycles. The Balaban J connectivity index is 2.50. The highest BCUT2D eigenvalue weighted by atomic mass is 79.9. The van der Waals surface area contributed by atoms with Crippen molar-refractivity contribution in [1.29, 1.82) is 0 Å². The van der Waals surface area contributed by atoms with Gasteiger partial charge in [0.1, 0.15) is 0 Å². The van der Waals surface area contributed by atoms with Crippen LogP contribution >= 0.6 is 28.6 Å². The minimum Gasteiger partial charge on any atom is -0.398 e. The largest absolute Gasteiger partial charge is 0.398 e. The normalized spacial score (nSPS) is 10.3. The molecule has 0 saturated carbocycles. The second-order valence-corrected chi connectivity index (χ2v) is 4.68. The molecule has 0 aromatic heterocycles. The van der Waals surface area contributed by atoms with E-state index in [1.54, 1.807) is 0 Å². The van der Waals surface area contributed by atoms with Gasteiger partial charge in [0.25, 0.3) is 0 Å². The second kappa shape index (κ2) is 4.29. The third-order valence-electron chi connectivity index (χ3n) is 2.19. The van der Waals surface area contributed by atoms with Gasteiger partial charge in [0, 0.05) is 15.1 Å². The molecule has 0 radical (unpaired) electrons. The molecule has 0 amide bonds. The van der Waals surface area contributed by atoms with E-state index in [0.29, 0.717) is 5.69 Å². The van der Waals surface area contributed by atoms with Crippen LogP contribution in [-0.2, 0) is 0 Å². The molecular formula is C12H10BrNS. The minimum atomic E-state index is 0.704. The molecule has 15 heavy (non-hydrogen) atoms. The lowest BCUT2D eigenvalue weighted by Gasteiger charge is -2.05. The zero-order valence-electron chi connectivity index (χ0n) is 7.94. The smallest absolute Gasteiger partial charge is 0.0455 e. The lowest BCUT2D eigenvalue weighted by molar-refractivity contribution is 1.46. The zero-order chi connectivity index (χ0) is 10.8. The number of thiol groups is 1. The minimum absolute atomic E-state index is 0.704. The highest BCUT2D eigenvalue weighted by Gasteiger charge is 2.00. The van der Waals surface area contributed by atoms with Gasteiger partial charge in [-0.05, 0) is 35.4 Å². The number of nitrogen functional groups attached to an aromatic ring is 1. The molecule has 0 bridgehead atoms. The summed E-state index contributed by atoms with van der Waals surface area (Å²) in [6, 6.07) is 14.0. The van der Waals surface area contributed by atoms with Crippen LogP contribution in [0, 0.1) is 0 Å². The molecule has 0 aliphatic rings. The van der Waals surface area contributed by atoms with Crippen LogP contribution in [0.15, 0.2) is 51.8 Å². The standard InChI is InChI=1S/C12H10BrNS/c13-10-3-1-2-8(6-10)9-4-5-12(15)11(14)7-9/h1-7,15H,14H2. The Labute approximate surface area is 103 Å². The van der Waals surface area contributed by atoms with Gasteiger partial charge in [0.05, 0.1) is 0 Å². The van der Waals surface area contributed by atoms with Crippen molar-refractivity contribution in [3.8, 4) is 11.1 Å². The van der Waals surface area contributed by atoms with E-state index >= 15 is 0 Å². The zero-order valence-corrected chi connectivity index (χ0v) is 10.4. The molecule has 0 unspecified atom stereocenters. The van der Waals surface area contributed by atoms with Crippen molar-refractivity contribution in [1.82, 2.24) is 0 Å². The Bertz CT molecular complexity index is 497. The molecular weight excluding hydrogens is 270 g/mol. The first-order chi connectivity index (χ1) is 7.16. The third kappa shape index (κ3) is 2.36. The lowest BCUT2D eigenvalue weighted by atomic mass is 10.1. The highest BCUT2D eigenvalue weighted by Crippen LogP contribution is 2.27. The molecule has 0 saturated heterocycles. The van der Waals surface area contributed by atoms with Crippen LogP contribution < -0.4 is 5.73 Å². The van der Waals surface area contributed by atoms with Crippen LogP contribution in [-0.4, -0.2) is 0 Å². The summed E-state index contributed by atoms with van der Waals surface area (Å²) in [5.41, 5.74) is 8.76. The number of hydrogen-bond acceptors (Lipinski definition) is 2. The average molecular weight is 280 g/mol. The Morgan fingerprint density at radius 2 is 1.73 bits per heavy atom. The maximum Gasteiger partial charge on any atom is 0.0455 e. The Kier molecular flexibility index (Phi) is 3.03. The van der Waals surface area contributed by atoms with E-state index in [9.17, 15) is 0 Å². The molecule has 1 nitrogen and oxygen atoms in total. The molecule has 0 heterocycles. The number of nitrogens with two attached hydrogens (primary N) is 1. The molecule has 2 N–H and O–H groups in total. The molecule has 3 heteroatoms. The van der Waals surface area contributed by atoms with Crippen molar-refractivity contribution in [2.45, 2.75) is 4.90 Å². The highest BCUT2D eigenvalue weighted by molar-refractivity contribution is 9.10. The van der Waals surface area contributed by atoms with Gasteiger partial charge in [-0.3, -0.25) is 0 Å². The Morgan fingerprint density at radius 3 is 2.40 bits per heavy atom. The molecule has 0 atom stereocenters. The van der Waals surface area contributed by atoms with Gasteiger partial charge in [0.15, 0.2) is 0 Å². The topological polar surface area (TPSA) is 26.0 Å². The maximum absolute atomic E-state index is 5.81. The van der Waals surface area contributed by atoms with E-state index in [1.807, 2.05) is 30.3 Å². The van der Waals surface area contributed by atoms with E-state index in [-0.39, 0.29) is 0 Å². The van der Waals surface area contributed by atoms with Gasteiger partial charge in [-0.25, -0.2) is 0 Å². The summed E-state index contributed by atoms with van der Waals surface area (Å²) in [6.45, 7) is 0. The van der Waals surface area contributed by atoms with Gasteiger partial charge in [-0.15, -0.1) is 12.6 Å². The summed E-state index contributed by atoms with van der Waals surface area (Å²) in [4.78, 5) is 0.814. The SMILES string of the molecule is Nc1cc(-c2cccc(Br)c2)ccc1S. The third-order valence-corrected chi connectivity index (χ3v) is 3.09. The predicted octanol–water partition coefficient (Wildman–Crippen LogP) is 3.99. The Hall–Kier alpha value is -0.930. The number of halogens is 1. The van der Waals surface area contributed by atoms with Crippen molar-refractivity contribution >= 4 is 34.2 Å². The predicted molar refractivity (Wildman–Crippen MR) is 71.2 cm³/mol. The number of benzene rings is 2. The molecule has 0 fully saturated rings. The number of rotatable bonds is 1.